The van der Waals surface area contributed by atoms with Crippen molar-refractivity contribution in [2.24, 2.45) is 0 Å². The Balaban J connectivity index is 0.000000371. The Labute approximate surface area is 67.8 Å². The van der Waals surface area contributed by atoms with Gasteiger partial charge in [-0.05, 0) is 19.1 Å². The van der Waals surface area contributed by atoms with E-state index in [1.54, 1.807) is 0 Å². The Morgan fingerprint density at radius 3 is 2.30 bits per heavy atom. The van der Waals surface area contributed by atoms with Crippen LogP contribution in [0.4, 0.5) is 0 Å². The van der Waals surface area contributed by atoms with Gasteiger partial charge in [0.15, 0.2) is 0 Å². The minimum absolute atomic E-state index is 0.782. The lowest BCUT2D eigenvalue weighted by Gasteiger charge is -2.08. The fourth-order valence-corrected chi connectivity index (χ4v) is 0.687. The van der Waals surface area contributed by atoms with E-state index in [2.05, 4.69) is 5.32 Å². The minimum Gasteiger partial charge on any atom is -0.384 e. The summed E-state index contributed by atoms with van der Waals surface area (Å²) >= 11 is 5.64. The summed E-state index contributed by atoms with van der Waals surface area (Å²) in [6.07, 6.45) is 3.87. The molecule has 0 saturated heterocycles. The molecule has 0 atom stereocenters. The standard InChI is InChI=1S/C6H8ClN.C2H6/c1-5-2-3-6(7)4-8-5;1-2/h2-3,8H,4H2,1H3;1-2H3. The summed E-state index contributed by atoms with van der Waals surface area (Å²) in [6.45, 7) is 6.80. The van der Waals surface area contributed by atoms with Crippen LogP contribution in [0.1, 0.15) is 20.8 Å². The number of allylic oxidation sites excluding steroid dienone is 3. The molecule has 1 rings (SSSR count). The molecule has 0 aromatic rings. The van der Waals surface area contributed by atoms with Crippen LogP contribution in [0.25, 0.3) is 0 Å². The van der Waals surface area contributed by atoms with Gasteiger partial charge in [0, 0.05) is 10.7 Å². The summed E-state index contributed by atoms with van der Waals surface area (Å²) in [7, 11) is 0. The monoisotopic (exact) mass is 159 g/mol. The van der Waals surface area contributed by atoms with Crippen molar-refractivity contribution in [2.75, 3.05) is 6.54 Å². The number of halogens is 1. The van der Waals surface area contributed by atoms with Crippen LogP contribution in [0.5, 0.6) is 0 Å². The maximum Gasteiger partial charge on any atom is 0.0504 e. The highest BCUT2D eigenvalue weighted by molar-refractivity contribution is 6.30. The van der Waals surface area contributed by atoms with Crippen molar-refractivity contribution in [3.8, 4) is 0 Å². The lowest BCUT2D eigenvalue weighted by atomic mass is 10.3. The molecule has 0 aliphatic carbocycles. The molecular formula is C8H14ClN. The third kappa shape index (κ3) is 3.57. The maximum atomic E-state index is 5.64. The van der Waals surface area contributed by atoms with Gasteiger partial charge >= 0.3 is 0 Å². The van der Waals surface area contributed by atoms with E-state index in [0.29, 0.717) is 0 Å². The average molecular weight is 160 g/mol. The van der Waals surface area contributed by atoms with Crippen LogP contribution in [0.2, 0.25) is 0 Å². The highest BCUT2D eigenvalue weighted by Crippen LogP contribution is 2.05. The number of hydrogen-bond acceptors (Lipinski definition) is 1. The first-order chi connectivity index (χ1) is 4.79. The Bertz CT molecular complexity index is 129. The Kier molecular flexibility index (Phi) is 5.13. The summed E-state index contributed by atoms with van der Waals surface area (Å²) in [5, 5.41) is 3.96. The molecular weight excluding hydrogens is 146 g/mol. The van der Waals surface area contributed by atoms with Crippen LogP contribution < -0.4 is 5.32 Å². The molecule has 0 aromatic carbocycles. The summed E-state index contributed by atoms with van der Waals surface area (Å²) in [4.78, 5) is 0. The minimum atomic E-state index is 0.782. The Hall–Kier alpha value is -0.430. The van der Waals surface area contributed by atoms with E-state index in [1.165, 1.54) is 5.70 Å². The molecule has 1 aliphatic heterocycles. The van der Waals surface area contributed by atoms with Crippen LogP contribution in [0, 0.1) is 0 Å². The molecule has 0 aromatic heterocycles. The van der Waals surface area contributed by atoms with Gasteiger partial charge in [-0.2, -0.15) is 0 Å². The van der Waals surface area contributed by atoms with Crippen LogP contribution >= 0.6 is 11.6 Å². The van der Waals surface area contributed by atoms with Crippen LogP contribution in [-0.2, 0) is 0 Å². The fraction of sp³-hybridized carbons (Fsp3) is 0.500. The molecule has 1 heterocycles. The molecule has 1 nitrogen and oxygen atoms in total. The van der Waals surface area contributed by atoms with Crippen molar-refractivity contribution in [1.29, 1.82) is 0 Å². The van der Waals surface area contributed by atoms with Gasteiger partial charge < -0.3 is 5.32 Å². The first-order valence-electron chi connectivity index (χ1n) is 3.56. The normalized spacial score (nSPS) is 15.6. The zero-order valence-corrected chi connectivity index (χ0v) is 7.50. The second-order valence-corrected chi connectivity index (χ2v) is 2.30. The van der Waals surface area contributed by atoms with Gasteiger partial charge in [0.2, 0.25) is 0 Å². The van der Waals surface area contributed by atoms with E-state index in [9.17, 15) is 0 Å². The molecule has 0 amide bonds. The zero-order chi connectivity index (χ0) is 7.98. The van der Waals surface area contributed by atoms with Crippen molar-refractivity contribution in [1.82, 2.24) is 5.32 Å². The Morgan fingerprint density at radius 2 is 2.00 bits per heavy atom. The number of nitrogens with one attached hydrogen (secondary N) is 1. The largest absolute Gasteiger partial charge is 0.384 e. The molecule has 1 aliphatic rings. The van der Waals surface area contributed by atoms with E-state index in [1.807, 2.05) is 32.9 Å². The Morgan fingerprint density at radius 1 is 1.40 bits per heavy atom. The van der Waals surface area contributed by atoms with Gasteiger partial charge in [-0.1, -0.05) is 25.4 Å². The van der Waals surface area contributed by atoms with Crippen molar-refractivity contribution in [3.05, 3.63) is 22.9 Å². The molecule has 2 heteroatoms. The molecule has 58 valence electrons. The SMILES string of the molecule is CC.CC1=CC=C(Cl)CN1. The molecule has 0 unspecified atom stereocenters. The van der Waals surface area contributed by atoms with Gasteiger partial charge in [0.25, 0.3) is 0 Å². The second kappa shape index (κ2) is 5.36. The topological polar surface area (TPSA) is 12.0 Å². The summed E-state index contributed by atoms with van der Waals surface area (Å²) in [5.41, 5.74) is 1.18. The predicted octanol–water partition coefficient (Wildman–Crippen LogP) is 2.64. The maximum absolute atomic E-state index is 5.64. The molecule has 0 saturated carbocycles. The van der Waals surface area contributed by atoms with Crippen LogP contribution in [0.15, 0.2) is 22.9 Å². The van der Waals surface area contributed by atoms with Gasteiger partial charge in [-0.3, -0.25) is 0 Å². The van der Waals surface area contributed by atoms with E-state index >= 15 is 0 Å². The molecule has 0 bridgehead atoms. The summed E-state index contributed by atoms with van der Waals surface area (Å²) in [5.74, 6) is 0. The summed E-state index contributed by atoms with van der Waals surface area (Å²) in [6, 6.07) is 0. The van der Waals surface area contributed by atoms with Crippen molar-refractivity contribution in [3.63, 3.8) is 0 Å². The fourth-order valence-electron chi connectivity index (χ4n) is 0.557. The quantitative estimate of drug-likeness (QED) is 0.573. The molecule has 0 spiro atoms. The number of hydrogen-bond donors (Lipinski definition) is 1. The zero-order valence-electron chi connectivity index (χ0n) is 6.74. The van der Waals surface area contributed by atoms with Gasteiger partial charge in [0.05, 0.1) is 6.54 Å². The van der Waals surface area contributed by atoms with Crippen LogP contribution in [0.3, 0.4) is 0 Å². The highest BCUT2D eigenvalue weighted by atomic mass is 35.5. The molecule has 0 radical (unpaired) electrons. The van der Waals surface area contributed by atoms with Gasteiger partial charge in [-0.25, -0.2) is 0 Å². The molecule has 10 heavy (non-hydrogen) atoms. The van der Waals surface area contributed by atoms with E-state index in [-0.39, 0.29) is 0 Å². The van der Waals surface area contributed by atoms with E-state index in [4.69, 9.17) is 11.6 Å². The molecule has 1 N–H and O–H groups in total. The van der Waals surface area contributed by atoms with Crippen molar-refractivity contribution in [2.45, 2.75) is 20.8 Å². The number of dihydropyridines is 1. The average Bonchev–Trinajstić information content (AvgIpc) is 2.00. The van der Waals surface area contributed by atoms with E-state index in [0.717, 1.165) is 11.6 Å². The first kappa shape index (κ1) is 9.57. The lowest BCUT2D eigenvalue weighted by molar-refractivity contribution is 0.881. The first-order valence-corrected chi connectivity index (χ1v) is 3.93. The van der Waals surface area contributed by atoms with E-state index < -0.39 is 0 Å². The lowest BCUT2D eigenvalue weighted by Crippen LogP contribution is -2.15. The highest BCUT2D eigenvalue weighted by Gasteiger charge is 1.95. The second-order valence-electron chi connectivity index (χ2n) is 1.82. The van der Waals surface area contributed by atoms with Gasteiger partial charge in [0.1, 0.15) is 0 Å². The predicted molar refractivity (Wildman–Crippen MR) is 47.0 cm³/mol. The van der Waals surface area contributed by atoms with Crippen molar-refractivity contribution >= 4 is 11.6 Å². The number of rotatable bonds is 0. The van der Waals surface area contributed by atoms with Crippen LogP contribution in [-0.4, -0.2) is 6.54 Å². The van der Waals surface area contributed by atoms with Gasteiger partial charge in [-0.15, -0.1) is 0 Å². The third-order valence-electron chi connectivity index (χ3n) is 1.05. The molecule has 0 fully saturated rings. The summed E-state index contributed by atoms with van der Waals surface area (Å²) < 4.78 is 0. The smallest absolute Gasteiger partial charge is 0.0504 e. The van der Waals surface area contributed by atoms with Crippen molar-refractivity contribution < 1.29 is 0 Å². The third-order valence-corrected chi connectivity index (χ3v) is 1.31.